The molecule has 11 heteroatoms. The third-order valence-electron chi connectivity index (χ3n) is 5.41. The van der Waals surface area contributed by atoms with Gasteiger partial charge in [0.1, 0.15) is 11.9 Å². The van der Waals surface area contributed by atoms with Crippen LogP contribution in [0.5, 0.6) is 0 Å². The van der Waals surface area contributed by atoms with Gasteiger partial charge in [-0.15, -0.1) is 0 Å². The molecule has 9 nitrogen and oxygen atoms in total. The number of pyridine rings is 1. The second kappa shape index (κ2) is 10.2. The first-order valence-electron chi connectivity index (χ1n) is 10.7. The van der Waals surface area contributed by atoms with E-state index in [0.717, 1.165) is 5.56 Å². The van der Waals surface area contributed by atoms with Crippen LogP contribution < -0.4 is 14.9 Å². The molecule has 0 radical (unpaired) electrons. The molecule has 182 valence electrons. The van der Waals surface area contributed by atoms with Crippen LogP contribution in [-0.4, -0.2) is 44.6 Å². The summed E-state index contributed by atoms with van der Waals surface area (Å²) in [5.74, 6) is -0.815. The van der Waals surface area contributed by atoms with E-state index < -0.39 is 28.0 Å². The topological polar surface area (TPSA) is 118 Å². The minimum absolute atomic E-state index is 0.0531. The van der Waals surface area contributed by atoms with Crippen molar-refractivity contribution in [1.29, 1.82) is 0 Å². The minimum atomic E-state index is -3.76. The van der Waals surface area contributed by atoms with Gasteiger partial charge in [-0.25, -0.2) is 22.3 Å². The Labute approximate surface area is 202 Å². The van der Waals surface area contributed by atoms with E-state index >= 15 is 0 Å². The number of nitrogens with zero attached hydrogens (tertiary/aromatic N) is 2. The first-order chi connectivity index (χ1) is 16.7. The Hall–Kier alpha value is -3.83. The fourth-order valence-corrected chi connectivity index (χ4v) is 4.60. The largest absolute Gasteiger partial charge is 0.442 e. The molecule has 2 N–H and O–H groups in total. The Kier molecular flexibility index (Phi) is 7.08. The molecule has 1 aliphatic heterocycles. The maximum atomic E-state index is 14.9. The molecular weight excluding hydrogens is 475 g/mol. The van der Waals surface area contributed by atoms with Crippen LogP contribution in [0.4, 0.5) is 14.9 Å². The standard InChI is InChI=1S/C24H23FN4O5S/c1-16(30)27-14-20-15-29(24(31)34-20)19-4-7-22(23(25)12-19)18-2-5-21(6-3-18)35(32,33)28-13-17-8-10-26-11-9-17/h2-12,20,28H,13-15H2,1H3,(H,27,30). The minimum Gasteiger partial charge on any atom is -0.442 e. The van der Waals surface area contributed by atoms with Gasteiger partial charge >= 0.3 is 6.09 Å². The lowest BCUT2D eigenvalue weighted by atomic mass is 10.0. The summed E-state index contributed by atoms with van der Waals surface area (Å²) < 4.78 is 47.8. The number of benzene rings is 2. The van der Waals surface area contributed by atoms with Crippen LogP contribution in [0.3, 0.4) is 0 Å². The molecule has 3 aromatic rings. The summed E-state index contributed by atoms with van der Waals surface area (Å²) >= 11 is 0. The zero-order valence-electron chi connectivity index (χ0n) is 18.8. The third kappa shape index (κ3) is 5.81. The van der Waals surface area contributed by atoms with Crippen LogP contribution in [0, 0.1) is 5.82 Å². The number of nitrogens with one attached hydrogen (secondary N) is 2. The van der Waals surface area contributed by atoms with Crippen molar-refractivity contribution in [1.82, 2.24) is 15.0 Å². The third-order valence-corrected chi connectivity index (χ3v) is 6.83. The lowest BCUT2D eigenvalue weighted by Crippen LogP contribution is -2.33. The van der Waals surface area contributed by atoms with Gasteiger partial charge in [-0.05, 0) is 53.6 Å². The van der Waals surface area contributed by atoms with Crippen molar-refractivity contribution in [3.8, 4) is 11.1 Å². The molecule has 0 bridgehead atoms. The van der Waals surface area contributed by atoms with E-state index in [0.29, 0.717) is 11.3 Å². The predicted octanol–water partition coefficient (Wildman–Crippen LogP) is 2.83. The summed E-state index contributed by atoms with van der Waals surface area (Å²) in [5.41, 5.74) is 1.83. The van der Waals surface area contributed by atoms with E-state index in [4.69, 9.17) is 4.74 Å². The summed E-state index contributed by atoms with van der Waals surface area (Å²) in [5, 5.41) is 2.59. The average Bonchev–Trinajstić information content (AvgIpc) is 3.23. The van der Waals surface area contributed by atoms with Gasteiger partial charge in [-0.2, -0.15) is 0 Å². The number of amides is 2. The molecule has 1 saturated heterocycles. The molecule has 0 saturated carbocycles. The normalized spacial score (nSPS) is 15.7. The summed E-state index contributed by atoms with van der Waals surface area (Å²) in [7, 11) is -3.76. The second-order valence-corrected chi connectivity index (χ2v) is 9.69. The molecule has 2 aromatic carbocycles. The molecule has 1 aliphatic rings. The SMILES string of the molecule is CC(=O)NCC1CN(c2ccc(-c3ccc(S(=O)(=O)NCc4ccncc4)cc3)c(F)c2)C(=O)O1. The Morgan fingerprint density at radius 3 is 2.51 bits per heavy atom. The van der Waals surface area contributed by atoms with Crippen molar-refractivity contribution >= 4 is 27.7 Å². The highest BCUT2D eigenvalue weighted by Crippen LogP contribution is 2.29. The molecule has 0 spiro atoms. The van der Waals surface area contributed by atoms with E-state index in [9.17, 15) is 22.4 Å². The van der Waals surface area contributed by atoms with Gasteiger partial charge in [-0.1, -0.05) is 12.1 Å². The molecule has 35 heavy (non-hydrogen) atoms. The van der Waals surface area contributed by atoms with Crippen LogP contribution in [0.15, 0.2) is 71.9 Å². The van der Waals surface area contributed by atoms with Gasteiger partial charge in [-0.3, -0.25) is 14.7 Å². The monoisotopic (exact) mass is 498 g/mol. The maximum absolute atomic E-state index is 14.9. The van der Waals surface area contributed by atoms with Crippen molar-refractivity contribution in [2.24, 2.45) is 0 Å². The molecule has 4 rings (SSSR count). The fourth-order valence-electron chi connectivity index (χ4n) is 3.58. The number of hydrogen-bond acceptors (Lipinski definition) is 6. The maximum Gasteiger partial charge on any atom is 0.414 e. The molecule has 2 amide bonds. The second-order valence-electron chi connectivity index (χ2n) is 7.92. The molecule has 1 aromatic heterocycles. The number of sulfonamides is 1. The van der Waals surface area contributed by atoms with E-state index in [1.54, 1.807) is 30.6 Å². The average molecular weight is 499 g/mol. The van der Waals surface area contributed by atoms with Crippen molar-refractivity contribution in [3.05, 3.63) is 78.4 Å². The summed E-state index contributed by atoms with van der Waals surface area (Å²) in [4.78, 5) is 28.5. The highest BCUT2D eigenvalue weighted by molar-refractivity contribution is 7.89. The molecular formula is C24H23FN4O5S. The van der Waals surface area contributed by atoms with E-state index in [2.05, 4.69) is 15.0 Å². The van der Waals surface area contributed by atoms with Gasteiger partial charge in [0.25, 0.3) is 0 Å². The van der Waals surface area contributed by atoms with Gasteiger partial charge in [0.15, 0.2) is 0 Å². The fraction of sp³-hybridized carbons (Fsp3) is 0.208. The van der Waals surface area contributed by atoms with Gasteiger partial charge in [0.2, 0.25) is 15.9 Å². The Morgan fingerprint density at radius 2 is 1.86 bits per heavy atom. The molecule has 2 heterocycles. The number of ether oxygens (including phenoxy) is 1. The van der Waals surface area contributed by atoms with E-state index in [-0.39, 0.29) is 36.0 Å². The number of carbonyl (C=O) groups excluding carboxylic acids is 2. The highest BCUT2D eigenvalue weighted by Gasteiger charge is 2.32. The predicted molar refractivity (Wildman–Crippen MR) is 126 cm³/mol. The highest BCUT2D eigenvalue weighted by atomic mass is 32.2. The van der Waals surface area contributed by atoms with Gasteiger partial charge in [0, 0.05) is 31.4 Å². The Balaban J connectivity index is 1.45. The first kappa shape index (κ1) is 24.3. The number of halogens is 1. The molecule has 1 fully saturated rings. The summed E-state index contributed by atoms with van der Waals surface area (Å²) in [6.45, 7) is 1.83. The van der Waals surface area contributed by atoms with Gasteiger partial charge in [0.05, 0.1) is 23.7 Å². The number of aromatic nitrogens is 1. The number of cyclic esters (lactones) is 1. The van der Waals surface area contributed by atoms with Crippen LogP contribution >= 0.6 is 0 Å². The summed E-state index contributed by atoms with van der Waals surface area (Å²) in [6.07, 6.45) is 2.00. The number of hydrogen-bond donors (Lipinski definition) is 2. The zero-order chi connectivity index (χ0) is 25.0. The smallest absolute Gasteiger partial charge is 0.414 e. The van der Waals surface area contributed by atoms with Crippen LogP contribution in [0.25, 0.3) is 11.1 Å². The van der Waals surface area contributed by atoms with Crippen molar-refractivity contribution < 1.29 is 27.1 Å². The number of carbonyl (C=O) groups is 2. The first-order valence-corrected chi connectivity index (χ1v) is 12.2. The lowest BCUT2D eigenvalue weighted by molar-refractivity contribution is -0.119. The Morgan fingerprint density at radius 1 is 1.14 bits per heavy atom. The number of rotatable bonds is 8. The van der Waals surface area contributed by atoms with Crippen LogP contribution in [0.2, 0.25) is 0 Å². The van der Waals surface area contributed by atoms with Crippen molar-refractivity contribution in [2.75, 3.05) is 18.0 Å². The number of anilines is 1. The molecule has 0 aliphatic carbocycles. The van der Waals surface area contributed by atoms with Crippen molar-refractivity contribution in [2.45, 2.75) is 24.5 Å². The molecule has 1 atom stereocenters. The van der Waals surface area contributed by atoms with E-state index in [1.165, 1.54) is 48.2 Å². The summed E-state index contributed by atoms with van der Waals surface area (Å²) in [6, 6.07) is 13.6. The zero-order valence-corrected chi connectivity index (χ0v) is 19.6. The Bertz CT molecular complexity index is 1330. The molecule has 1 unspecified atom stereocenters. The van der Waals surface area contributed by atoms with Gasteiger partial charge < -0.3 is 10.1 Å². The van der Waals surface area contributed by atoms with Crippen LogP contribution in [0.1, 0.15) is 12.5 Å². The van der Waals surface area contributed by atoms with Crippen LogP contribution in [-0.2, 0) is 26.1 Å². The quantitative estimate of drug-likeness (QED) is 0.493. The van der Waals surface area contributed by atoms with Crippen molar-refractivity contribution in [3.63, 3.8) is 0 Å². The lowest BCUT2D eigenvalue weighted by Gasteiger charge is -2.15. The van der Waals surface area contributed by atoms with E-state index in [1.807, 2.05) is 0 Å².